The van der Waals surface area contributed by atoms with E-state index >= 15 is 0 Å². The van der Waals surface area contributed by atoms with Crippen molar-refractivity contribution in [2.24, 2.45) is 0 Å². The highest BCUT2D eigenvalue weighted by Gasteiger charge is 2.30. The Kier molecular flexibility index (Phi) is 1.42. The summed E-state index contributed by atoms with van der Waals surface area (Å²) < 4.78 is 1.81. The number of nitrogens with zero attached hydrogens (tertiary/aromatic N) is 3. The molecule has 0 saturated heterocycles. The Hall–Kier alpha value is -2.49. The molecule has 1 aromatic carbocycles. The van der Waals surface area contributed by atoms with Crippen molar-refractivity contribution in [3.8, 4) is 5.82 Å². The summed E-state index contributed by atoms with van der Waals surface area (Å²) in [7, 11) is 0. The molecular formula is C13H7N3O. The number of benzene rings is 1. The van der Waals surface area contributed by atoms with Crippen molar-refractivity contribution in [3.05, 3.63) is 54.0 Å². The van der Waals surface area contributed by atoms with Crippen LogP contribution in [0.3, 0.4) is 0 Å². The standard InChI is InChI=1S/C13H7N3O/c17-12-8-4-3-5-9-11(8)15-13(12)16(9)10-6-1-2-7-14-10/h1-7H. The summed E-state index contributed by atoms with van der Waals surface area (Å²) in [4.78, 5) is 20.6. The molecule has 0 atom stereocenters. The van der Waals surface area contributed by atoms with Gasteiger partial charge in [-0.05, 0) is 24.3 Å². The zero-order valence-electron chi connectivity index (χ0n) is 8.79. The number of pyridine rings is 1. The lowest BCUT2D eigenvalue weighted by molar-refractivity contribution is 0.103. The Morgan fingerprint density at radius 3 is 2.82 bits per heavy atom. The first-order chi connectivity index (χ1) is 8.36. The molecule has 0 spiro atoms. The molecule has 4 heteroatoms. The van der Waals surface area contributed by atoms with Gasteiger partial charge in [-0.15, -0.1) is 0 Å². The molecule has 4 nitrogen and oxygen atoms in total. The SMILES string of the molecule is O=C1c2cccc3c2nc1n3-c1ccccn1. The van der Waals surface area contributed by atoms with Crippen LogP contribution in [0.1, 0.15) is 16.2 Å². The molecule has 0 aliphatic carbocycles. The number of fused-ring (bicyclic) bond motifs is 1. The number of imidazole rings is 1. The number of rotatable bonds is 1. The summed E-state index contributed by atoms with van der Waals surface area (Å²) in [6.45, 7) is 0. The van der Waals surface area contributed by atoms with Crippen LogP contribution in [0.25, 0.3) is 16.9 Å². The van der Waals surface area contributed by atoms with Gasteiger partial charge in [0.1, 0.15) is 11.3 Å². The summed E-state index contributed by atoms with van der Waals surface area (Å²) in [6.07, 6.45) is 1.71. The van der Waals surface area contributed by atoms with Gasteiger partial charge < -0.3 is 0 Å². The summed E-state index contributed by atoms with van der Waals surface area (Å²) in [5, 5.41) is 0. The maximum absolute atomic E-state index is 12.0. The van der Waals surface area contributed by atoms with Crippen LogP contribution < -0.4 is 0 Å². The van der Waals surface area contributed by atoms with Gasteiger partial charge in [0.25, 0.3) is 0 Å². The van der Waals surface area contributed by atoms with Crippen molar-refractivity contribution in [1.29, 1.82) is 0 Å². The number of hydrogen-bond donors (Lipinski definition) is 0. The van der Waals surface area contributed by atoms with Crippen LogP contribution in [0.5, 0.6) is 0 Å². The summed E-state index contributed by atoms with van der Waals surface area (Å²) in [5.41, 5.74) is 2.42. The fourth-order valence-corrected chi connectivity index (χ4v) is 2.27. The molecule has 2 aromatic heterocycles. The quantitative estimate of drug-likeness (QED) is 0.493. The topological polar surface area (TPSA) is 47.8 Å². The second-order valence-corrected chi connectivity index (χ2v) is 3.96. The molecule has 0 saturated carbocycles. The first-order valence-electron chi connectivity index (χ1n) is 5.34. The fourth-order valence-electron chi connectivity index (χ4n) is 2.27. The first-order valence-corrected chi connectivity index (χ1v) is 5.34. The molecular weight excluding hydrogens is 214 g/mol. The minimum Gasteiger partial charge on any atom is -0.285 e. The van der Waals surface area contributed by atoms with Gasteiger partial charge in [0, 0.05) is 6.20 Å². The summed E-state index contributed by atoms with van der Waals surface area (Å²) >= 11 is 0. The van der Waals surface area contributed by atoms with Crippen LogP contribution in [0.4, 0.5) is 0 Å². The second kappa shape index (κ2) is 2.79. The predicted octanol–water partition coefficient (Wildman–Crippen LogP) is 1.96. The molecule has 0 amide bonds. The lowest BCUT2D eigenvalue weighted by atomic mass is 10.1. The molecule has 3 aromatic rings. The molecule has 2 bridgehead atoms. The highest BCUT2D eigenvalue weighted by molar-refractivity contribution is 6.19. The Morgan fingerprint density at radius 2 is 2.00 bits per heavy atom. The molecule has 0 unspecified atom stereocenters. The average Bonchev–Trinajstić information content (AvgIpc) is 2.91. The van der Waals surface area contributed by atoms with E-state index in [1.165, 1.54) is 0 Å². The average molecular weight is 221 g/mol. The van der Waals surface area contributed by atoms with Crippen molar-refractivity contribution in [2.45, 2.75) is 0 Å². The second-order valence-electron chi connectivity index (χ2n) is 3.96. The lowest BCUT2D eigenvalue weighted by Crippen LogP contribution is -2.11. The van der Waals surface area contributed by atoms with Crippen molar-refractivity contribution < 1.29 is 4.79 Å². The van der Waals surface area contributed by atoms with Crippen LogP contribution in [0.15, 0.2) is 42.6 Å². The number of para-hydroxylation sites is 1. The zero-order valence-corrected chi connectivity index (χ0v) is 8.79. The van der Waals surface area contributed by atoms with E-state index in [2.05, 4.69) is 9.97 Å². The number of aromatic nitrogens is 3. The monoisotopic (exact) mass is 221 g/mol. The van der Waals surface area contributed by atoms with Crippen LogP contribution in [0, 0.1) is 0 Å². The third-order valence-electron chi connectivity index (χ3n) is 3.01. The van der Waals surface area contributed by atoms with Gasteiger partial charge in [-0.25, -0.2) is 9.97 Å². The van der Waals surface area contributed by atoms with Crippen molar-refractivity contribution >= 4 is 16.8 Å². The van der Waals surface area contributed by atoms with E-state index in [0.717, 1.165) is 16.9 Å². The molecule has 3 heterocycles. The lowest BCUT2D eigenvalue weighted by Gasteiger charge is -2.10. The van der Waals surface area contributed by atoms with Crippen molar-refractivity contribution in [1.82, 2.24) is 14.5 Å². The van der Waals surface area contributed by atoms with Crippen LogP contribution in [-0.4, -0.2) is 20.3 Å². The summed E-state index contributed by atoms with van der Waals surface area (Å²) in [5.74, 6) is 1.18. The number of ketones is 1. The predicted molar refractivity (Wildman–Crippen MR) is 62.3 cm³/mol. The Morgan fingerprint density at radius 1 is 1.06 bits per heavy atom. The Bertz CT molecular complexity index is 759. The molecule has 1 aliphatic rings. The van der Waals surface area contributed by atoms with Gasteiger partial charge >= 0.3 is 0 Å². The van der Waals surface area contributed by atoms with Crippen molar-refractivity contribution in [2.75, 3.05) is 0 Å². The van der Waals surface area contributed by atoms with E-state index in [0.29, 0.717) is 11.4 Å². The first kappa shape index (κ1) is 8.64. The number of carbonyl (C=O) groups excluding carboxylic acids is 1. The maximum atomic E-state index is 12.0. The molecule has 4 rings (SSSR count). The van der Waals surface area contributed by atoms with Crippen molar-refractivity contribution in [3.63, 3.8) is 0 Å². The molecule has 0 N–H and O–H groups in total. The van der Waals surface area contributed by atoms with E-state index in [4.69, 9.17) is 0 Å². The molecule has 0 radical (unpaired) electrons. The molecule has 1 aliphatic heterocycles. The van der Waals surface area contributed by atoms with E-state index in [-0.39, 0.29) is 5.78 Å². The van der Waals surface area contributed by atoms with E-state index in [1.54, 1.807) is 6.20 Å². The van der Waals surface area contributed by atoms with Gasteiger partial charge in [-0.3, -0.25) is 9.36 Å². The van der Waals surface area contributed by atoms with E-state index in [1.807, 2.05) is 41.0 Å². The van der Waals surface area contributed by atoms with Gasteiger partial charge in [-0.1, -0.05) is 12.1 Å². The minimum atomic E-state index is -0.0150. The fraction of sp³-hybridized carbons (Fsp3) is 0. The largest absolute Gasteiger partial charge is 0.285 e. The number of carbonyl (C=O) groups is 1. The summed E-state index contributed by atoms with van der Waals surface area (Å²) in [6, 6.07) is 11.3. The Labute approximate surface area is 96.5 Å². The van der Waals surface area contributed by atoms with Gasteiger partial charge in [0.05, 0.1) is 11.1 Å². The minimum absolute atomic E-state index is 0.0150. The third-order valence-corrected chi connectivity index (χ3v) is 3.01. The molecule has 0 fully saturated rings. The van der Waals surface area contributed by atoms with Gasteiger partial charge in [-0.2, -0.15) is 0 Å². The normalized spacial score (nSPS) is 12.8. The smallest absolute Gasteiger partial charge is 0.231 e. The van der Waals surface area contributed by atoms with Gasteiger partial charge in [0.2, 0.25) is 5.78 Å². The van der Waals surface area contributed by atoms with Crippen LogP contribution >= 0.6 is 0 Å². The third kappa shape index (κ3) is 0.945. The maximum Gasteiger partial charge on any atom is 0.231 e. The van der Waals surface area contributed by atoms with Crippen LogP contribution in [-0.2, 0) is 0 Å². The Balaban J connectivity index is 2.16. The molecule has 80 valence electrons. The van der Waals surface area contributed by atoms with E-state index in [9.17, 15) is 4.79 Å². The van der Waals surface area contributed by atoms with E-state index < -0.39 is 0 Å². The molecule has 17 heavy (non-hydrogen) atoms. The number of hydrogen-bond acceptors (Lipinski definition) is 3. The zero-order chi connectivity index (χ0) is 11.4. The van der Waals surface area contributed by atoms with Crippen LogP contribution in [0.2, 0.25) is 0 Å². The highest BCUT2D eigenvalue weighted by atomic mass is 16.1. The highest BCUT2D eigenvalue weighted by Crippen LogP contribution is 2.30. The van der Waals surface area contributed by atoms with Gasteiger partial charge in [0.15, 0.2) is 5.82 Å².